The molecule has 21 heavy (non-hydrogen) atoms. The lowest BCUT2D eigenvalue weighted by atomic mass is 10.1. The van der Waals surface area contributed by atoms with E-state index < -0.39 is 0 Å². The number of nitrogens with two attached hydrogens (primary N) is 1. The Labute approximate surface area is 132 Å². The summed E-state index contributed by atoms with van der Waals surface area (Å²) in [6.07, 6.45) is 0. The molecule has 0 spiro atoms. The van der Waals surface area contributed by atoms with Crippen LogP contribution in [0.1, 0.15) is 18.5 Å². The molecule has 0 unspecified atom stereocenters. The van der Waals surface area contributed by atoms with Crippen LogP contribution in [-0.4, -0.2) is 0 Å². The third-order valence-electron chi connectivity index (χ3n) is 3.46. The largest absolute Gasteiger partial charge is 0.456 e. The maximum Gasteiger partial charge on any atom is 0.142 e. The van der Waals surface area contributed by atoms with Crippen LogP contribution >= 0.6 is 15.9 Å². The first-order valence-electron chi connectivity index (χ1n) is 6.86. The van der Waals surface area contributed by atoms with E-state index in [-0.39, 0.29) is 6.04 Å². The van der Waals surface area contributed by atoms with E-state index in [0.717, 1.165) is 26.9 Å². The van der Waals surface area contributed by atoms with Gasteiger partial charge in [0.1, 0.15) is 11.5 Å². The van der Waals surface area contributed by atoms with Gasteiger partial charge in [-0.1, -0.05) is 42.5 Å². The summed E-state index contributed by atoms with van der Waals surface area (Å²) in [6.45, 7) is 1.97. The van der Waals surface area contributed by atoms with Gasteiger partial charge in [0.2, 0.25) is 0 Å². The number of hydrogen-bond acceptors (Lipinski definition) is 2. The summed E-state index contributed by atoms with van der Waals surface area (Å²) in [5.74, 6) is 1.61. The lowest BCUT2D eigenvalue weighted by Gasteiger charge is -2.11. The smallest absolute Gasteiger partial charge is 0.142 e. The van der Waals surface area contributed by atoms with Crippen molar-refractivity contribution in [1.82, 2.24) is 0 Å². The Hall–Kier alpha value is -1.84. The van der Waals surface area contributed by atoms with Gasteiger partial charge in [-0.05, 0) is 57.4 Å². The molecule has 0 aliphatic carbocycles. The van der Waals surface area contributed by atoms with Crippen molar-refractivity contribution >= 4 is 26.7 Å². The van der Waals surface area contributed by atoms with Gasteiger partial charge >= 0.3 is 0 Å². The quantitative estimate of drug-likeness (QED) is 0.690. The fraction of sp³-hybridized carbons (Fsp3) is 0.111. The van der Waals surface area contributed by atoms with Gasteiger partial charge in [-0.25, -0.2) is 0 Å². The summed E-state index contributed by atoms with van der Waals surface area (Å²) in [5.41, 5.74) is 6.95. The Bertz CT molecular complexity index is 766. The molecule has 2 nitrogen and oxygen atoms in total. The average molecular weight is 342 g/mol. The number of ether oxygens (including phenoxy) is 1. The molecule has 0 saturated heterocycles. The summed E-state index contributed by atoms with van der Waals surface area (Å²) in [7, 11) is 0. The summed E-state index contributed by atoms with van der Waals surface area (Å²) in [6, 6.07) is 20.2. The van der Waals surface area contributed by atoms with Crippen molar-refractivity contribution in [2.24, 2.45) is 5.73 Å². The molecule has 0 amide bonds. The van der Waals surface area contributed by atoms with Crippen molar-refractivity contribution in [3.63, 3.8) is 0 Å². The molecule has 0 aliphatic rings. The van der Waals surface area contributed by atoms with Crippen LogP contribution in [0.5, 0.6) is 11.5 Å². The molecule has 106 valence electrons. The first-order valence-corrected chi connectivity index (χ1v) is 7.65. The lowest BCUT2D eigenvalue weighted by Crippen LogP contribution is -2.04. The number of benzene rings is 3. The van der Waals surface area contributed by atoms with Gasteiger partial charge in [0.05, 0.1) is 4.47 Å². The molecule has 1 atom stereocenters. The fourth-order valence-electron chi connectivity index (χ4n) is 2.26. The van der Waals surface area contributed by atoms with Crippen molar-refractivity contribution in [2.75, 3.05) is 0 Å². The minimum absolute atomic E-state index is 0.0338. The number of hydrogen-bond donors (Lipinski definition) is 1. The molecule has 2 N–H and O–H groups in total. The van der Waals surface area contributed by atoms with E-state index in [4.69, 9.17) is 10.5 Å². The summed E-state index contributed by atoms with van der Waals surface area (Å²) >= 11 is 3.63. The maximum absolute atomic E-state index is 5.96. The van der Waals surface area contributed by atoms with Crippen molar-refractivity contribution in [3.05, 3.63) is 70.7 Å². The van der Waals surface area contributed by atoms with Crippen LogP contribution in [0.4, 0.5) is 0 Å². The molecule has 3 aromatic carbocycles. The Balaban J connectivity index is 1.92. The van der Waals surface area contributed by atoms with Gasteiger partial charge in [-0.15, -0.1) is 0 Å². The predicted octanol–water partition coefficient (Wildman–Crippen LogP) is 5.41. The van der Waals surface area contributed by atoms with Gasteiger partial charge in [-0.3, -0.25) is 0 Å². The van der Waals surface area contributed by atoms with Crippen molar-refractivity contribution in [2.45, 2.75) is 13.0 Å². The number of rotatable bonds is 3. The lowest BCUT2D eigenvalue weighted by molar-refractivity contribution is 0.480. The number of fused-ring (bicyclic) bond motifs is 1. The zero-order valence-electron chi connectivity index (χ0n) is 11.7. The molecule has 3 heteroatoms. The summed E-state index contributed by atoms with van der Waals surface area (Å²) < 4.78 is 6.93. The molecule has 0 aliphatic heterocycles. The van der Waals surface area contributed by atoms with Gasteiger partial charge in [0.25, 0.3) is 0 Å². The third-order valence-corrected chi connectivity index (χ3v) is 4.28. The first kappa shape index (κ1) is 14.1. The molecule has 0 saturated carbocycles. The topological polar surface area (TPSA) is 35.2 Å². The molecule has 3 aromatic rings. The van der Waals surface area contributed by atoms with Crippen LogP contribution < -0.4 is 10.5 Å². The predicted molar refractivity (Wildman–Crippen MR) is 90.8 cm³/mol. The van der Waals surface area contributed by atoms with Crippen LogP contribution in [0.2, 0.25) is 0 Å². The molecule has 3 rings (SSSR count). The van der Waals surface area contributed by atoms with Crippen molar-refractivity contribution in [3.8, 4) is 11.5 Å². The standard InChI is InChI=1S/C18H16BrNO/c1-12(20)13-6-9-15(10-7-13)21-17-11-8-14-4-2-3-5-16(14)18(17)19/h2-12H,20H2,1H3/t12-/m1/s1. The SMILES string of the molecule is C[C@@H](N)c1ccc(Oc2ccc3ccccc3c2Br)cc1. The Morgan fingerprint density at radius 1 is 0.952 bits per heavy atom. The zero-order valence-corrected chi connectivity index (χ0v) is 13.3. The van der Waals surface area contributed by atoms with Crippen molar-refractivity contribution < 1.29 is 4.74 Å². The second-order valence-electron chi connectivity index (χ2n) is 5.06. The highest BCUT2D eigenvalue weighted by molar-refractivity contribution is 9.10. The normalized spacial score (nSPS) is 12.3. The van der Waals surface area contributed by atoms with E-state index in [9.17, 15) is 0 Å². The van der Waals surface area contributed by atoms with E-state index in [1.54, 1.807) is 0 Å². The molecule has 0 bridgehead atoms. The van der Waals surface area contributed by atoms with Crippen LogP contribution in [0, 0.1) is 0 Å². The second-order valence-corrected chi connectivity index (χ2v) is 5.85. The van der Waals surface area contributed by atoms with E-state index in [1.807, 2.05) is 49.4 Å². The zero-order chi connectivity index (χ0) is 14.8. The van der Waals surface area contributed by atoms with Gasteiger partial charge in [-0.2, -0.15) is 0 Å². The van der Waals surface area contributed by atoms with Gasteiger partial charge < -0.3 is 10.5 Å². The van der Waals surface area contributed by atoms with Crippen molar-refractivity contribution in [1.29, 1.82) is 0 Å². The number of halogens is 1. The molecule has 0 radical (unpaired) electrons. The minimum atomic E-state index is 0.0338. The highest BCUT2D eigenvalue weighted by atomic mass is 79.9. The highest BCUT2D eigenvalue weighted by Crippen LogP contribution is 2.35. The summed E-state index contributed by atoms with van der Waals surface area (Å²) in [5, 5.41) is 2.33. The summed E-state index contributed by atoms with van der Waals surface area (Å²) in [4.78, 5) is 0. The van der Waals surface area contributed by atoms with Crippen LogP contribution in [0.3, 0.4) is 0 Å². The molecular weight excluding hydrogens is 326 g/mol. The highest BCUT2D eigenvalue weighted by Gasteiger charge is 2.07. The van der Waals surface area contributed by atoms with Crippen LogP contribution in [-0.2, 0) is 0 Å². The maximum atomic E-state index is 5.96. The van der Waals surface area contributed by atoms with E-state index in [2.05, 4.69) is 34.1 Å². The van der Waals surface area contributed by atoms with Gasteiger partial charge in [0.15, 0.2) is 0 Å². The Kier molecular flexibility index (Phi) is 3.95. The Morgan fingerprint density at radius 2 is 1.67 bits per heavy atom. The molecule has 0 aromatic heterocycles. The van der Waals surface area contributed by atoms with Crippen LogP contribution in [0.25, 0.3) is 10.8 Å². The first-order chi connectivity index (χ1) is 10.1. The second kappa shape index (κ2) is 5.88. The van der Waals surface area contributed by atoms with E-state index in [0.29, 0.717) is 0 Å². The van der Waals surface area contributed by atoms with Crippen LogP contribution in [0.15, 0.2) is 65.1 Å². The Morgan fingerprint density at radius 3 is 2.38 bits per heavy atom. The third kappa shape index (κ3) is 2.94. The molecule has 0 fully saturated rings. The van der Waals surface area contributed by atoms with E-state index in [1.165, 1.54) is 5.39 Å². The monoisotopic (exact) mass is 341 g/mol. The van der Waals surface area contributed by atoms with E-state index >= 15 is 0 Å². The van der Waals surface area contributed by atoms with Gasteiger partial charge in [0, 0.05) is 6.04 Å². The average Bonchev–Trinajstić information content (AvgIpc) is 2.51. The molecular formula is C18H16BrNO. The molecule has 0 heterocycles. The fourth-order valence-corrected chi connectivity index (χ4v) is 2.83. The minimum Gasteiger partial charge on any atom is -0.456 e.